The van der Waals surface area contributed by atoms with Crippen molar-refractivity contribution in [3.05, 3.63) is 11.8 Å². The number of hydrogen-bond acceptors (Lipinski definition) is 11. The molecule has 4 rings (SSSR count). The van der Waals surface area contributed by atoms with Crippen LogP contribution in [0.15, 0.2) is 11.8 Å². The SMILES string of the molecule is COC(=O)C1=COC(OC2OC(CO)C(O)C(O)C2O)C2C1CC1OC12CO. The molecular formula is C17H24O11. The molecule has 0 aromatic heterocycles. The average Bonchev–Trinajstić information content (AvgIpc) is 3.32. The molecule has 1 aliphatic carbocycles. The van der Waals surface area contributed by atoms with Crippen LogP contribution in [0.4, 0.5) is 0 Å². The van der Waals surface area contributed by atoms with Gasteiger partial charge < -0.3 is 49.2 Å². The van der Waals surface area contributed by atoms with E-state index in [1.165, 1.54) is 13.4 Å². The van der Waals surface area contributed by atoms with Crippen molar-refractivity contribution in [1.29, 1.82) is 0 Å². The lowest BCUT2D eigenvalue weighted by Gasteiger charge is -2.43. The predicted octanol–water partition coefficient (Wildman–Crippen LogP) is -3.02. The maximum Gasteiger partial charge on any atom is 0.337 e. The Kier molecular flexibility index (Phi) is 5.13. The van der Waals surface area contributed by atoms with Gasteiger partial charge in [0.05, 0.1) is 44.2 Å². The number of esters is 1. The molecule has 10 unspecified atom stereocenters. The number of rotatable bonds is 5. The van der Waals surface area contributed by atoms with E-state index in [4.69, 9.17) is 23.7 Å². The van der Waals surface area contributed by atoms with Gasteiger partial charge in [0, 0.05) is 5.92 Å². The predicted molar refractivity (Wildman–Crippen MR) is 86.1 cm³/mol. The Labute approximate surface area is 160 Å². The fraction of sp³-hybridized carbons (Fsp3) is 0.824. The van der Waals surface area contributed by atoms with Gasteiger partial charge in [-0.05, 0) is 6.42 Å². The van der Waals surface area contributed by atoms with Crippen LogP contribution in [0, 0.1) is 11.8 Å². The van der Waals surface area contributed by atoms with Gasteiger partial charge in [-0.25, -0.2) is 4.79 Å². The van der Waals surface area contributed by atoms with Crippen LogP contribution in [-0.2, 0) is 28.5 Å². The van der Waals surface area contributed by atoms with E-state index >= 15 is 0 Å². The molecule has 11 nitrogen and oxygen atoms in total. The first kappa shape index (κ1) is 20.0. The van der Waals surface area contributed by atoms with Gasteiger partial charge in [0.25, 0.3) is 0 Å². The van der Waals surface area contributed by atoms with Gasteiger partial charge in [0.15, 0.2) is 6.29 Å². The number of aliphatic hydroxyl groups excluding tert-OH is 5. The van der Waals surface area contributed by atoms with Crippen molar-refractivity contribution in [2.24, 2.45) is 11.8 Å². The lowest BCUT2D eigenvalue weighted by molar-refractivity contribution is -0.344. The van der Waals surface area contributed by atoms with Crippen molar-refractivity contribution in [2.45, 2.75) is 55.1 Å². The first-order valence-electron chi connectivity index (χ1n) is 9.06. The second-order valence-corrected chi connectivity index (χ2v) is 7.49. The fourth-order valence-corrected chi connectivity index (χ4v) is 4.53. The summed E-state index contributed by atoms with van der Waals surface area (Å²) in [5.41, 5.74) is -0.651. The monoisotopic (exact) mass is 404 g/mol. The minimum atomic E-state index is -1.60. The summed E-state index contributed by atoms with van der Waals surface area (Å²) in [6, 6.07) is 0. The van der Waals surface area contributed by atoms with E-state index in [9.17, 15) is 30.3 Å². The summed E-state index contributed by atoms with van der Waals surface area (Å²) in [7, 11) is 1.25. The molecule has 0 aromatic carbocycles. The minimum absolute atomic E-state index is 0.275. The van der Waals surface area contributed by atoms with E-state index in [2.05, 4.69) is 0 Å². The molecule has 158 valence electrons. The quantitative estimate of drug-likeness (QED) is 0.234. The highest BCUT2D eigenvalue weighted by Gasteiger charge is 2.73. The molecule has 5 N–H and O–H groups in total. The number of hydrogen-bond donors (Lipinski definition) is 5. The molecular weight excluding hydrogens is 380 g/mol. The molecule has 4 aliphatic rings. The Bertz CT molecular complexity index is 647. The third kappa shape index (κ3) is 2.85. The zero-order valence-electron chi connectivity index (χ0n) is 15.1. The van der Waals surface area contributed by atoms with Crippen LogP contribution in [-0.4, -0.2) is 101 Å². The van der Waals surface area contributed by atoms with Crippen LogP contribution in [0.25, 0.3) is 0 Å². The maximum atomic E-state index is 12.1. The normalized spacial score (nSPS) is 49.5. The Morgan fingerprint density at radius 1 is 1.21 bits per heavy atom. The van der Waals surface area contributed by atoms with E-state index in [-0.39, 0.29) is 18.6 Å². The van der Waals surface area contributed by atoms with Crippen molar-refractivity contribution in [2.75, 3.05) is 20.3 Å². The fourth-order valence-electron chi connectivity index (χ4n) is 4.53. The van der Waals surface area contributed by atoms with Crippen LogP contribution in [0.1, 0.15) is 6.42 Å². The highest BCUT2D eigenvalue weighted by molar-refractivity contribution is 5.89. The van der Waals surface area contributed by atoms with Crippen molar-refractivity contribution >= 4 is 5.97 Å². The van der Waals surface area contributed by atoms with E-state index in [0.717, 1.165) is 0 Å². The molecule has 3 fully saturated rings. The van der Waals surface area contributed by atoms with Crippen LogP contribution in [0.5, 0.6) is 0 Å². The van der Waals surface area contributed by atoms with E-state index in [0.29, 0.717) is 12.0 Å². The first-order valence-corrected chi connectivity index (χ1v) is 9.06. The third-order valence-corrected chi connectivity index (χ3v) is 6.12. The summed E-state index contributed by atoms with van der Waals surface area (Å²) >= 11 is 0. The van der Waals surface area contributed by atoms with Crippen LogP contribution in [0.3, 0.4) is 0 Å². The summed E-state index contributed by atoms with van der Waals surface area (Å²) in [6.45, 7) is -0.911. The summed E-state index contributed by atoms with van der Waals surface area (Å²) in [5.74, 6) is -1.51. The molecule has 10 atom stereocenters. The second kappa shape index (κ2) is 7.18. The van der Waals surface area contributed by atoms with Gasteiger partial charge in [-0.2, -0.15) is 0 Å². The zero-order valence-corrected chi connectivity index (χ0v) is 15.1. The van der Waals surface area contributed by atoms with Gasteiger partial charge in [0.1, 0.15) is 30.0 Å². The van der Waals surface area contributed by atoms with Gasteiger partial charge in [0.2, 0.25) is 6.29 Å². The Hall–Kier alpha value is -1.31. The smallest absolute Gasteiger partial charge is 0.337 e. The van der Waals surface area contributed by atoms with E-state index in [1.54, 1.807) is 0 Å². The summed E-state index contributed by atoms with van der Waals surface area (Å²) in [5, 5.41) is 49.2. The minimum Gasteiger partial charge on any atom is -0.471 e. The van der Waals surface area contributed by atoms with E-state index in [1.807, 2.05) is 0 Å². The molecule has 0 spiro atoms. The number of carbonyl (C=O) groups excluding carboxylic acids is 1. The highest BCUT2D eigenvalue weighted by atomic mass is 16.8. The average molecular weight is 404 g/mol. The number of fused-ring (bicyclic) bond motifs is 3. The van der Waals surface area contributed by atoms with Crippen LogP contribution in [0.2, 0.25) is 0 Å². The summed E-state index contributed by atoms with van der Waals surface area (Å²) in [4.78, 5) is 12.1. The van der Waals surface area contributed by atoms with Gasteiger partial charge in [-0.1, -0.05) is 0 Å². The standard InChI is InChI=1S/C17H24O11/c1-24-14(23)7-4-25-15(10-6(7)2-9-17(10,5-19)28-9)27-16-13(22)12(21)11(20)8(3-18)26-16/h4,6,8-13,15-16,18-22H,2-3,5H2,1H3. The molecule has 3 aliphatic heterocycles. The number of ether oxygens (including phenoxy) is 5. The lowest BCUT2D eigenvalue weighted by Crippen LogP contribution is -2.60. The van der Waals surface area contributed by atoms with Crippen molar-refractivity contribution in [3.8, 4) is 0 Å². The number of methoxy groups -OCH3 is 1. The Morgan fingerprint density at radius 3 is 2.61 bits per heavy atom. The molecule has 0 amide bonds. The van der Waals surface area contributed by atoms with Gasteiger partial charge in [-0.15, -0.1) is 0 Å². The zero-order chi connectivity index (χ0) is 20.2. The Balaban J connectivity index is 1.57. The Morgan fingerprint density at radius 2 is 1.96 bits per heavy atom. The lowest BCUT2D eigenvalue weighted by atomic mass is 9.81. The largest absolute Gasteiger partial charge is 0.471 e. The van der Waals surface area contributed by atoms with Gasteiger partial charge >= 0.3 is 5.97 Å². The number of epoxide rings is 1. The molecule has 0 bridgehead atoms. The molecule has 11 heteroatoms. The topological polar surface area (TPSA) is 168 Å². The molecule has 2 saturated heterocycles. The molecule has 0 aromatic rings. The first-order chi connectivity index (χ1) is 13.4. The van der Waals surface area contributed by atoms with Crippen LogP contribution >= 0.6 is 0 Å². The molecule has 0 radical (unpaired) electrons. The van der Waals surface area contributed by atoms with E-state index < -0.39 is 61.1 Å². The van der Waals surface area contributed by atoms with Crippen LogP contribution < -0.4 is 0 Å². The maximum absolute atomic E-state index is 12.1. The molecule has 3 heterocycles. The van der Waals surface area contributed by atoms with Crippen molar-refractivity contribution in [3.63, 3.8) is 0 Å². The summed E-state index contributed by atoms with van der Waals surface area (Å²) in [6.07, 6.45) is -6.93. The molecule has 1 saturated carbocycles. The second-order valence-electron chi connectivity index (χ2n) is 7.49. The highest BCUT2D eigenvalue weighted by Crippen LogP contribution is 2.61. The van der Waals surface area contributed by atoms with Crippen molar-refractivity contribution < 1.29 is 54.0 Å². The molecule has 28 heavy (non-hydrogen) atoms. The van der Waals surface area contributed by atoms with Gasteiger partial charge in [-0.3, -0.25) is 0 Å². The van der Waals surface area contributed by atoms with Crippen molar-refractivity contribution in [1.82, 2.24) is 0 Å². The number of aliphatic hydroxyl groups is 5. The summed E-state index contributed by atoms with van der Waals surface area (Å²) < 4.78 is 27.1. The number of carbonyl (C=O) groups is 1. The third-order valence-electron chi connectivity index (χ3n) is 6.12.